The molecule has 0 radical (unpaired) electrons. The van der Waals surface area contributed by atoms with E-state index < -0.39 is 10.0 Å². The lowest BCUT2D eigenvalue weighted by Crippen LogP contribution is -2.43. The van der Waals surface area contributed by atoms with Crippen molar-refractivity contribution in [1.29, 1.82) is 5.26 Å². The summed E-state index contributed by atoms with van der Waals surface area (Å²) >= 11 is 0. The number of likely N-dealkylation sites (N-methyl/N-ethyl adjacent to an activating group) is 1. The van der Waals surface area contributed by atoms with Crippen molar-refractivity contribution in [1.82, 2.24) is 4.31 Å². The van der Waals surface area contributed by atoms with E-state index in [9.17, 15) is 8.42 Å². The molecular weight excluding hydrogens is 262 g/mol. The Bertz CT molecular complexity index is 585. The van der Waals surface area contributed by atoms with Crippen LogP contribution in [0.2, 0.25) is 0 Å². The van der Waals surface area contributed by atoms with E-state index in [0.717, 1.165) is 12.8 Å². The molecule has 2 rings (SSSR count). The fourth-order valence-corrected chi connectivity index (χ4v) is 3.59. The SMILES string of the molecule is CN(C(CN)C1CC1)S(=O)(=O)c1ccc(C#N)cc1. The molecule has 0 heterocycles. The fourth-order valence-electron chi connectivity index (χ4n) is 2.16. The fraction of sp³-hybridized carbons (Fsp3) is 0.462. The van der Waals surface area contributed by atoms with Gasteiger partial charge in [-0.1, -0.05) is 0 Å². The first-order valence-electron chi connectivity index (χ1n) is 6.19. The minimum absolute atomic E-state index is 0.138. The van der Waals surface area contributed by atoms with Crippen molar-refractivity contribution in [3.8, 4) is 6.07 Å². The predicted molar refractivity (Wildman–Crippen MR) is 71.7 cm³/mol. The normalized spacial score (nSPS) is 17.2. The van der Waals surface area contributed by atoms with Crippen LogP contribution in [-0.4, -0.2) is 32.4 Å². The molecule has 6 heteroatoms. The van der Waals surface area contributed by atoms with Gasteiger partial charge in [0.1, 0.15) is 0 Å². The van der Waals surface area contributed by atoms with Crippen molar-refractivity contribution in [2.24, 2.45) is 11.7 Å². The van der Waals surface area contributed by atoms with Gasteiger partial charge in [-0.3, -0.25) is 0 Å². The molecule has 1 aromatic rings. The first kappa shape index (κ1) is 14.0. The van der Waals surface area contributed by atoms with Crippen LogP contribution in [0.25, 0.3) is 0 Å². The lowest BCUT2D eigenvalue weighted by molar-refractivity contribution is 0.340. The van der Waals surface area contributed by atoms with Crippen LogP contribution in [0.4, 0.5) is 0 Å². The van der Waals surface area contributed by atoms with Gasteiger partial charge in [0.2, 0.25) is 10.0 Å². The Labute approximate surface area is 113 Å². The van der Waals surface area contributed by atoms with E-state index in [1.165, 1.54) is 28.6 Å². The van der Waals surface area contributed by atoms with E-state index in [1.807, 2.05) is 6.07 Å². The molecule has 0 aliphatic heterocycles. The molecule has 102 valence electrons. The molecule has 1 saturated carbocycles. The van der Waals surface area contributed by atoms with Gasteiger partial charge in [0.15, 0.2) is 0 Å². The van der Waals surface area contributed by atoms with E-state index in [-0.39, 0.29) is 10.9 Å². The summed E-state index contributed by atoms with van der Waals surface area (Å²) in [5, 5.41) is 8.72. The van der Waals surface area contributed by atoms with Gasteiger partial charge >= 0.3 is 0 Å². The van der Waals surface area contributed by atoms with E-state index in [2.05, 4.69) is 0 Å². The highest BCUT2D eigenvalue weighted by atomic mass is 32.2. The standard InChI is InChI=1S/C13H17N3O2S/c1-16(13(9-15)11-4-5-11)19(17,18)12-6-2-10(8-14)3-7-12/h2-3,6-7,11,13H,4-5,9,15H2,1H3. The minimum atomic E-state index is -3.54. The first-order valence-corrected chi connectivity index (χ1v) is 7.63. The van der Waals surface area contributed by atoms with Crippen LogP contribution in [0.15, 0.2) is 29.2 Å². The van der Waals surface area contributed by atoms with Crippen molar-refractivity contribution in [3.63, 3.8) is 0 Å². The van der Waals surface area contributed by atoms with E-state index >= 15 is 0 Å². The second kappa shape index (κ2) is 5.29. The molecule has 0 amide bonds. The highest BCUT2D eigenvalue weighted by molar-refractivity contribution is 7.89. The summed E-state index contributed by atoms with van der Waals surface area (Å²) in [6.45, 7) is 0.330. The number of sulfonamides is 1. The van der Waals surface area contributed by atoms with Gasteiger partial charge in [-0.25, -0.2) is 8.42 Å². The molecule has 2 N–H and O–H groups in total. The van der Waals surface area contributed by atoms with Crippen molar-refractivity contribution >= 4 is 10.0 Å². The van der Waals surface area contributed by atoms with E-state index in [0.29, 0.717) is 18.0 Å². The highest BCUT2D eigenvalue weighted by Gasteiger charge is 2.38. The molecule has 0 aromatic heterocycles. The maximum atomic E-state index is 12.5. The zero-order valence-electron chi connectivity index (χ0n) is 10.8. The summed E-state index contributed by atoms with van der Waals surface area (Å²) in [5.74, 6) is 0.378. The zero-order chi connectivity index (χ0) is 14.0. The van der Waals surface area contributed by atoms with Gasteiger partial charge in [0, 0.05) is 19.6 Å². The Morgan fingerprint density at radius 3 is 2.42 bits per heavy atom. The van der Waals surface area contributed by atoms with Crippen LogP contribution in [0, 0.1) is 17.2 Å². The van der Waals surface area contributed by atoms with Crippen molar-refractivity contribution in [2.75, 3.05) is 13.6 Å². The summed E-state index contributed by atoms with van der Waals surface area (Å²) in [5.41, 5.74) is 6.13. The minimum Gasteiger partial charge on any atom is -0.329 e. The number of nitrogens with zero attached hydrogens (tertiary/aromatic N) is 2. The number of hydrogen-bond donors (Lipinski definition) is 1. The Hall–Kier alpha value is -1.42. The topological polar surface area (TPSA) is 87.2 Å². The highest BCUT2D eigenvalue weighted by Crippen LogP contribution is 2.36. The number of rotatable bonds is 5. The molecule has 0 spiro atoms. The van der Waals surface area contributed by atoms with Crippen LogP contribution >= 0.6 is 0 Å². The van der Waals surface area contributed by atoms with E-state index in [1.54, 1.807) is 7.05 Å². The average molecular weight is 279 g/mol. The summed E-state index contributed by atoms with van der Waals surface area (Å²) in [6, 6.07) is 7.78. The number of nitriles is 1. The van der Waals surface area contributed by atoms with Crippen LogP contribution in [0.1, 0.15) is 18.4 Å². The third kappa shape index (κ3) is 2.78. The monoisotopic (exact) mass is 279 g/mol. The van der Waals surface area contributed by atoms with Gasteiger partial charge in [-0.15, -0.1) is 0 Å². The lowest BCUT2D eigenvalue weighted by atomic mass is 10.2. The zero-order valence-corrected chi connectivity index (χ0v) is 11.6. The third-order valence-corrected chi connectivity index (χ3v) is 5.43. The largest absolute Gasteiger partial charge is 0.329 e. The Kier molecular flexibility index (Phi) is 3.90. The summed E-state index contributed by atoms with van der Waals surface area (Å²) in [6.07, 6.45) is 2.07. The molecule has 1 fully saturated rings. The Morgan fingerprint density at radius 2 is 2.00 bits per heavy atom. The molecule has 1 aromatic carbocycles. The Balaban J connectivity index is 2.27. The maximum absolute atomic E-state index is 12.5. The van der Waals surface area contributed by atoms with Crippen LogP contribution in [0.3, 0.4) is 0 Å². The van der Waals surface area contributed by atoms with Gasteiger partial charge < -0.3 is 5.73 Å². The summed E-state index contributed by atoms with van der Waals surface area (Å²) < 4.78 is 26.3. The summed E-state index contributed by atoms with van der Waals surface area (Å²) in [7, 11) is -1.96. The quantitative estimate of drug-likeness (QED) is 0.868. The molecule has 1 aliphatic rings. The molecule has 0 saturated heterocycles. The smallest absolute Gasteiger partial charge is 0.243 e. The third-order valence-electron chi connectivity index (χ3n) is 3.54. The first-order chi connectivity index (χ1) is 9.00. The van der Waals surface area contributed by atoms with E-state index in [4.69, 9.17) is 11.0 Å². The van der Waals surface area contributed by atoms with Gasteiger partial charge in [-0.2, -0.15) is 9.57 Å². The molecule has 19 heavy (non-hydrogen) atoms. The number of hydrogen-bond acceptors (Lipinski definition) is 4. The van der Waals surface area contributed by atoms with Gasteiger partial charge in [0.25, 0.3) is 0 Å². The second-order valence-corrected chi connectivity index (χ2v) is 6.80. The number of nitrogens with two attached hydrogens (primary N) is 1. The molecule has 1 aliphatic carbocycles. The molecule has 5 nitrogen and oxygen atoms in total. The lowest BCUT2D eigenvalue weighted by Gasteiger charge is -2.26. The molecule has 1 unspecified atom stereocenters. The van der Waals surface area contributed by atoms with Crippen molar-refractivity contribution in [2.45, 2.75) is 23.8 Å². The predicted octanol–water partition coefficient (Wildman–Crippen LogP) is 0.916. The Morgan fingerprint density at radius 1 is 1.42 bits per heavy atom. The van der Waals surface area contributed by atoms with Crippen molar-refractivity contribution in [3.05, 3.63) is 29.8 Å². The van der Waals surface area contributed by atoms with Crippen LogP contribution in [-0.2, 0) is 10.0 Å². The second-order valence-electron chi connectivity index (χ2n) is 4.80. The molecule has 1 atom stereocenters. The van der Waals surface area contributed by atoms with Crippen LogP contribution in [0.5, 0.6) is 0 Å². The van der Waals surface area contributed by atoms with Gasteiger partial charge in [-0.05, 0) is 43.0 Å². The number of benzene rings is 1. The maximum Gasteiger partial charge on any atom is 0.243 e. The average Bonchev–Trinajstić information content (AvgIpc) is 3.24. The van der Waals surface area contributed by atoms with Crippen LogP contribution < -0.4 is 5.73 Å². The van der Waals surface area contributed by atoms with Crippen molar-refractivity contribution < 1.29 is 8.42 Å². The molecule has 0 bridgehead atoms. The van der Waals surface area contributed by atoms with Gasteiger partial charge in [0.05, 0.1) is 16.5 Å². The summed E-state index contributed by atoms with van der Waals surface area (Å²) in [4.78, 5) is 0.202. The molecular formula is C13H17N3O2S.